The highest BCUT2D eigenvalue weighted by Gasteiger charge is 2.15. The first-order valence-corrected chi connectivity index (χ1v) is 7.94. The third-order valence-corrected chi connectivity index (χ3v) is 3.51. The maximum absolute atomic E-state index is 11.6. The van der Waals surface area contributed by atoms with E-state index >= 15 is 0 Å². The van der Waals surface area contributed by atoms with Gasteiger partial charge in [-0.2, -0.15) is 4.98 Å². The Labute approximate surface area is 123 Å². The summed E-state index contributed by atoms with van der Waals surface area (Å²) in [6.45, 7) is -0.167. The van der Waals surface area contributed by atoms with Crippen molar-refractivity contribution in [2.24, 2.45) is 0 Å². The van der Waals surface area contributed by atoms with Gasteiger partial charge in [0.1, 0.15) is 6.73 Å². The van der Waals surface area contributed by atoms with E-state index in [1.807, 2.05) is 0 Å². The molecule has 0 saturated carbocycles. The first-order chi connectivity index (χ1) is 10.3. The lowest BCUT2D eigenvalue weighted by Gasteiger charge is -2.12. The van der Waals surface area contributed by atoms with E-state index in [-0.39, 0.29) is 36.4 Å². The van der Waals surface area contributed by atoms with E-state index < -0.39 is 19.4 Å². The van der Waals surface area contributed by atoms with Crippen LogP contribution in [0.1, 0.15) is 6.42 Å². The van der Waals surface area contributed by atoms with E-state index in [2.05, 4.69) is 15.0 Å². The first-order valence-electron chi connectivity index (χ1n) is 6.14. The molecule has 0 fully saturated rings. The number of nitrogen functional groups attached to an aromatic ring is 1. The zero-order chi connectivity index (χ0) is 16.3. The second-order valence-electron chi connectivity index (χ2n) is 4.44. The number of fused-ring (bicyclic) bond motifs is 1. The zero-order valence-electron chi connectivity index (χ0n) is 11.3. The molecule has 1 atom stereocenters. The normalized spacial score (nSPS) is 13.6. The number of hydrogen-bond donors (Lipinski definition) is 5. The monoisotopic (exact) mass is 332 g/mol. The standard InChI is InChI=1S/C10H15N5O6P/c11-10-13-8-7(9(17)14-10)12-4-15(8)5-21-6(16)2-1-3-22(18,19)20/h2,4,6,16H,1,3,5H2,(H2,18,19,20)(H3,11,13,14,17)/t6-/m1/s1. The molecule has 0 aliphatic carbocycles. The van der Waals surface area contributed by atoms with Crippen LogP contribution in [0.15, 0.2) is 11.1 Å². The molecular formula is C10H15N5O6P. The predicted octanol–water partition coefficient (Wildman–Crippen LogP) is -1.23. The van der Waals surface area contributed by atoms with Gasteiger partial charge in [-0.3, -0.25) is 18.9 Å². The fraction of sp³-hybridized carbons (Fsp3) is 0.400. The molecule has 12 heteroatoms. The van der Waals surface area contributed by atoms with Crippen molar-refractivity contribution >= 4 is 24.7 Å². The number of anilines is 1. The van der Waals surface area contributed by atoms with E-state index in [9.17, 15) is 14.5 Å². The van der Waals surface area contributed by atoms with Gasteiger partial charge in [0.25, 0.3) is 5.56 Å². The third-order valence-electron chi connectivity index (χ3n) is 2.67. The van der Waals surface area contributed by atoms with Gasteiger partial charge in [0.2, 0.25) is 5.95 Å². The number of aliphatic hydroxyl groups excluding tert-OH is 1. The smallest absolute Gasteiger partial charge is 0.325 e. The number of aromatic nitrogens is 4. The van der Waals surface area contributed by atoms with Crippen LogP contribution in [-0.4, -0.2) is 46.9 Å². The van der Waals surface area contributed by atoms with Gasteiger partial charge < -0.3 is 25.4 Å². The average molecular weight is 332 g/mol. The number of nitrogens with two attached hydrogens (primary N) is 1. The highest BCUT2D eigenvalue weighted by atomic mass is 31.2. The lowest BCUT2D eigenvalue weighted by atomic mass is 10.3. The Balaban J connectivity index is 1.94. The van der Waals surface area contributed by atoms with Gasteiger partial charge in [-0.25, -0.2) is 4.98 Å². The Kier molecular flexibility index (Phi) is 4.94. The van der Waals surface area contributed by atoms with Crippen molar-refractivity contribution in [2.75, 3.05) is 11.9 Å². The van der Waals surface area contributed by atoms with Crippen LogP contribution in [0.4, 0.5) is 5.95 Å². The van der Waals surface area contributed by atoms with Crippen LogP contribution in [-0.2, 0) is 16.0 Å². The second kappa shape index (κ2) is 6.55. The molecule has 0 bridgehead atoms. The van der Waals surface area contributed by atoms with Crippen LogP contribution >= 0.6 is 7.60 Å². The minimum absolute atomic E-state index is 0.0129. The maximum atomic E-state index is 11.6. The molecule has 1 radical (unpaired) electrons. The number of H-pyrrole nitrogens is 1. The first kappa shape index (κ1) is 16.6. The summed E-state index contributed by atoms with van der Waals surface area (Å²) in [7, 11) is -4.11. The van der Waals surface area contributed by atoms with Crippen molar-refractivity contribution in [2.45, 2.75) is 19.4 Å². The van der Waals surface area contributed by atoms with Gasteiger partial charge in [-0.15, -0.1) is 0 Å². The molecule has 2 heterocycles. The second-order valence-corrected chi connectivity index (χ2v) is 6.21. The summed E-state index contributed by atoms with van der Waals surface area (Å²) in [4.78, 5) is 39.0. The summed E-state index contributed by atoms with van der Waals surface area (Å²) in [5.41, 5.74) is 5.23. The summed E-state index contributed by atoms with van der Waals surface area (Å²) < 4.78 is 17.1. The molecule has 0 unspecified atom stereocenters. The number of imidazole rings is 1. The third kappa shape index (κ3) is 4.36. The Bertz CT molecular complexity index is 752. The molecule has 0 aliphatic rings. The molecule has 6 N–H and O–H groups in total. The zero-order valence-corrected chi connectivity index (χ0v) is 12.2. The quantitative estimate of drug-likeness (QED) is 0.306. The van der Waals surface area contributed by atoms with Crippen LogP contribution in [0.2, 0.25) is 0 Å². The molecular weight excluding hydrogens is 317 g/mol. The largest absolute Gasteiger partial charge is 0.369 e. The van der Waals surface area contributed by atoms with Crippen LogP contribution in [0, 0.1) is 6.42 Å². The molecule has 0 spiro atoms. The Morgan fingerprint density at radius 3 is 2.95 bits per heavy atom. The number of hydrogen-bond acceptors (Lipinski definition) is 7. The lowest BCUT2D eigenvalue weighted by molar-refractivity contribution is -0.103. The number of nitrogens with zero attached hydrogens (tertiary/aromatic N) is 3. The Morgan fingerprint density at radius 1 is 1.55 bits per heavy atom. The average Bonchev–Trinajstić information content (AvgIpc) is 2.78. The number of aromatic amines is 1. The number of ether oxygens (including phenoxy) is 1. The van der Waals surface area contributed by atoms with Crippen molar-refractivity contribution < 1.29 is 24.2 Å². The molecule has 2 aromatic heterocycles. The van der Waals surface area contributed by atoms with E-state index in [1.165, 1.54) is 17.3 Å². The molecule has 0 amide bonds. The SMILES string of the molecule is Nc1nc2c(ncn2CO[C@@H](O)[CH]CCP(=O)(O)O)c(=O)[nH]1. The van der Waals surface area contributed by atoms with Gasteiger partial charge in [0, 0.05) is 6.42 Å². The van der Waals surface area contributed by atoms with E-state index in [0.717, 1.165) is 0 Å². The van der Waals surface area contributed by atoms with Gasteiger partial charge in [-0.05, 0) is 6.42 Å². The summed E-state index contributed by atoms with van der Waals surface area (Å²) in [6, 6.07) is 0. The van der Waals surface area contributed by atoms with Gasteiger partial charge in [0.05, 0.1) is 12.5 Å². The van der Waals surface area contributed by atoms with Crippen molar-refractivity contribution in [3.8, 4) is 0 Å². The molecule has 22 heavy (non-hydrogen) atoms. The van der Waals surface area contributed by atoms with Crippen molar-refractivity contribution in [1.29, 1.82) is 0 Å². The highest BCUT2D eigenvalue weighted by Crippen LogP contribution is 2.35. The molecule has 121 valence electrons. The molecule has 0 aliphatic heterocycles. The predicted molar refractivity (Wildman–Crippen MR) is 75.5 cm³/mol. The van der Waals surface area contributed by atoms with Crippen LogP contribution in [0.3, 0.4) is 0 Å². The minimum atomic E-state index is -4.11. The highest BCUT2D eigenvalue weighted by molar-refractivity contribution is 7.51. The summed E-state index contributed by atoms with van der Waals surface area (Å²) >= 11 is 0. The molecule has 2 rings (SSSR count). The molecule has 0 saturated heterocycles. The lowest BCUT2D eigenvalue weighted by Crippen LogP contribution is -2.17. The Hall–Kier alpha value is -1.78. The van der Waals surface area contributed by atoms with Gasteiger partial charge >= 0.3 is 7.60 Å². The van der Waals surface area contributed by atoms with Gasteiger partial charge in [0.15, 0.2) is 17.5 Å². The molecule has 2 aromatic rings. The van der Waals surface area contributed by atoms with E-state index in [1.54, 1.807) is 0 Å². The fourth-order valence-electron chi connectivity index (χ4n) is 1.68. The van der Waals surface area contributed by atoms with Gasteiger partial charge in [-0.1, -0.05) is 0 Å². The summed E-state index contributed by atoms with van der Waals surface area (Å²) in [5.74, 6) is -0.0759. The van der Waals surface area contributed by atoms with Crippen molar-refractivity contribution in [1.82, 2.24) is 19.5 Å². The number of aliphatic hydroxyl groups is 1. The van der Waals surface area contributed by atoms with Crippen LogP contribution in [0.25, 0.3) is 11.2 Å². The minimum Gasteiger partial charge on any atom is -0.369 e. The summed E-state index contributed by atoms with van der Waals surface area (Å²) in [5, 5.41) is 9.55. The van der Waals surface area contributed by atoms with E-state index in [4.69, 9.17) is 20.3 Å². The summed E-state index contributed by atoms with van der Waals surface area (Å²) in [6.07, 6.45) is 0.792. The van der Waals surface area contributed by atoms with Crippen LogP contribution in [0.5, 0.6) is 0 Å². The molecule has 0 aromatic carbocycles. The maximum Gasteiger partial charge on any atom is 0.325 e. The van der Waals surface area contributed by atoms with E-state index in [0.29, 0.717) is 0 Å². The topological polar surface area (TPSA) is 177 Å². The number of nitrogens with one attached hydrogen (secondary N) is 1. The Morgan fingerprint density at radius 2 is 2.27 bits per heavy atom. The molecule has 11 nitrogen and oxygen atoms in total. The fourth-order valence-corrected chi connectivity index (χ4v) is 2.16. The van der Waals surface area contributed by atoms with Crippen LogP contribution < -0.4 is 11.3 Å². The van der Waals surface area contributed by atoms with Crippen molar-refractivity contribution in [3.63, 3.8) is 0 Å². The van der Waals surface area contributed by atoms with Crippen molar-refractivity contribution in [3.05, 3.63) is 23.1 Å². The number of rotatable bonds is 7.